The van der Waals surface area contributed by atoms with Crippen molar-refractivity contribution >= 4 is 51.7 Å². The van der Waals surface area contributed by atoms with Gasteiger partial charge in [0.2, 0.25) is 5.91 Å². The number of hydrogen-bond donors (Lipinski definition) is 4. The Bertz CT molecular complexity index is 3730. The van der Waals surface area contributed by atoms with Crippen LogP contribution in [0.25, 0.3) is 16.7 Å². The highest BCUT2D eigenvalue weighted by Crippen LogP contribution is 2.27. The third kappa shape index (κ3) is 20.9. The van der Waals surface area contributed by atoms with Gasteiger partial charge in [-0.3, -0.25) is 9.59 Å². The molecule has 0 aromatic heterocycles. The summed E-state index contributed by atoms with van der Waals surface area (Å²) in [5, 5.41) is 30.8. The SMILES string of the molecule is COC(=O)C=C(c1ccccc1)c1ccccc1.O=C(C=C(c1ccccc1)c1ccccc1)N1CCN(c2ccc(O)cc2)CC1.O=C(O)C=C(c1ccccc1)c1ccccc1.O=C(c1ccccc1)c1ccccc1.Oc1ccc(N2CCNCC2)cc1. The van der Waals surface area contributed by atoms with Gasteiger partial charge in [0.25, 0.3) is 0 Å². The van der Waals surface area contributed by atoms with Crippen molar-refractivity contribution in [3.63, 3.8) is 0 Å². The zero-order chi connectivity index (χ0) is 63.8. The van der Waals surface area contributed by atoms with E-state index in [0.29, 0.717) is 18.8 Å². The van der Waals surface area contributed by atoms with Crippen molar-refractivity contribution < 1.29 is 39.2 Å². The van der Waals surface area contributed by atoms with Crippen molar-refractivity contribution in [2.75, 3.05) is 69.3 Å². The molecule has 0 radical (unpaired) electrons. The first-order valence-electron chi connectivity index (χ1n) is 30.0. The number of nitrogens with zero attached hydrogens (tertiary/aromatic N) is 3. The van der Waals surface area contributed by atoms with Crippen LogP contribution in [0.1, 0.15) is 49.3 Å². The number of methoxy groups -OCH3 is 1. The maximum absolute atomic E-state index is 13.0. The van der Waals surface area contributed by atoms with Gasteiger partial charge in [0.15, 0.2) is 5.78 Å². The van der Waals surface area contributed by atoms with Gasteiger partial charge in [-0.2, -0.15) is 0 Å². The van der Waals surface area contributed by atoms with E-state index in [0.717, 1.165) is 106 Å². The molecule has 0 atom stereocenters. The lowest BCUT2D eigenvalue weighted by Crippen LogP contribution is -2.48. The molecule has 4 N–H and O–H groups in total. The maximum Gasteiger partial charge on any atom is 0.331 e. The molecular weight excluding hydrogens is 1130 g/mol. The number of phenolic OH excluding ortho intramolecular Hbond substituents is 2. The normalized spacial score (nSPS) is 12.1. The summed E-state index contributed by atoms with van der Waals surface area (Å²) in [5.74, 6) is -0.574. The summed E-state index contributed by atoms with van der Waals surface area (Å²) in [6.45, 7) is 7.07. The lowest BCUT2D eigenvalue weighted by molar-refractivity contribution is -0.135. The van der Waals surface area contributed by atoms with Crippen LogP contribution in [0.5, 0.6) is 11.5 Å². The number of aliphatic carboxylic acids is 1. The van der Waals surface area contributed by atoms with Crippen LogP contribution in [0.15, 0.2) is 309 Å². The fourth-order valence-electron chi connectivity index (χ4n) is 10.0. The van der Waals surface area contributed by atoms with Gasteiger partial charge >= 0.3 is 11.9 Å². The Balaban J connectivity index is 0.000000152. The van der Waals surface area contributed by atoms with Gasteiger partial charge < -0.3 is 40.1 Å². The number of ketones is 1. The monoisotopic (exact) mass is 1210 g/mol. The zero-order valence-corrected chi connectivity index (χ0v) is 50.8. The van der Waals surface area contributed by atoms with Crippen molar-refractivity contribution in [1.82, 2.24) is 10.2 Å². The van der Waals surface area contributed by atoms with E-state index in [9.17, 15) is 24.3 Å². The first kappa shape index (κ1) is 65.6. The number of carbonyl (C=O) groups excluding carboxylic acids is 3. The highest BCUT2D eigenvalue weighted by molar-refractivity contribution is 6.09. The molecule has 1 amide bonds. The molecule has 91 heavy (non-hydrogen) atoms. The molecule has 458 valence electrons. The molecule has 0 spiro atoms. The second kappa shape index (κ2) is 35.5. The Labute approximate surface area is 533 Å². The lowest BCUT2D eigenvalue weighted by Gasteiger charge is -2.35. The van der Waals surface area contributed by atoms with Gasteiger partial charge in [-0.25, -0.2) is 9.59 Å². The minimum absolute atomic E-state index is 0.0399. The number of carboxylic acid groups (broad SMARTS) is 1. The molecule has 2 aliphatic heterocycles. The smallest absolute Gasteiger partial charge is 0.331 e. The van der Waals surface area contributed by atoms with E-state index < -0.39 is 5.97 Å². The molecule has 0 aliphatic carbocycles. The average Bonchev–Trinajstić information content (AvgIpc) is 3.64. The summed E-state index contributed by atoms with van der Waals surface area (Å²) in [6.07, 6.45) is 4.52. The summed E-state index contributed by atoms with van der Waals surface area (Å²) in [5.41, 5.74) is 12.1. The highest BCUT2D eigenvalue weighted by Gasteiger charge is 2.21. The van der Waals surface area contributed by atoms with Crippen molar-refractivity contribution in [3.8, 4) is 11.5 Å². The molecule has 0 unspecified atom stereocenters. The molecule has 12 heteroatoms. The predicted octanol–water partition coefficient (Wildman–Crippen LogP) is 14.4. The number of hydrogen-bond acceptors (Lipinski definition) is 10. The Morgan fingerprint density at radius 2 is 0.626 bits per heavy atom. The van der Waals surface area contributed by atoms with Gasteiger partial charge in [0, 0.05) is 93.1 Å². The molecule has 10 aromatic carbocycles. The maximum atomic E-state index is 13.0. The van der Waals surface area contributed by atoms with Crippen LogP contribution >= 0.6 is 0 Å². The number of anilines is 2. The van der Waals surface area contributed by atoms with E-state index in [-0.39, 0.29) is 23.4 Å². The Hall–Kier alpha value is -11.3. The third-order valence-electron chi connectivity index (χ3n) is 14.7. The molecular formula is C79H74N4O8. The fourth-order valence-corrected chi connectivity index (χ4v) is 10.0. The van der Waals surface area contributed by atoms with E-state index >= 15 is 0 Å². The number of nitrogens with one attached hydrogen (secondary N) is 1. The quantitative estimate of drug-likeness (QED) is 0.0494. The first-order valence-corrected chi connectivity index (χ1v) is 30.0. The molecule has 2 fully saturated rings. The van der Waals surface area contributed by atoms with Crippen molar-refractivity contribution in [2.24, 2.45) is 0 Å². The van der Waals surface area contributed by atoms with Crippen LogP contribution in [-0.4, -0.2) is 103 Å². The Kier molecular flexibility index (Phi) is 25.6. The molecule has 2 heterocycles. The largest absolute Gasteiger partial charge is 0.508 e. The molecule has 2 saturated heterocycles. The second-order valence-electron chi connectivity index (χ2n) is 20.9. The van der Waals surface area contributed by atoms with Gasteiger partial charge in [-0.15, -0.1) is 0 Å². The number of carbonyl (C=O) groups is 4. The number of carboxylic acids is 1. The van der Waals surface area contributed by atoms with Crippen LogP contribution in [0.3, 0.4) is 0 Å². The molecule has 2 aliphatic rings. The van der Waals surface area contributed by atoms with E-state index in [1.807, 2.05) is 272 Å². The van der Waals surface area contributed by atoms with E-state index in [1.165, 1.54) is 24.9 Å². The molecule has 12 rings (SSSR count). The number of rotatable bonds is 13. The number of amides is 1. The molecule has 0 saturated carbocycles. The topological polar surface area (TPSA) is 160 Å². The third-order valence-corrected chi connectivity index (χ3v) is 14.7. The summed E-state index contributed by atoms with van der Waals surface area (Å²) >= 11 is 0. The van der Waals surface area contributed by atoms with E-state index in [4.69, 9.17) is 14.9 Å². The first-order chi connectivity index (χ1) is 44.5. The summed E-state index contributed by atoms with van der Waals surface area (Å²) in [6, 6.07) is 91.9. The number of aromatic hydroxyl groups is 2. The predicted molar refractivity (Wildman–Crippen MR) is 366 cm³/mol. The standard InChI is InChI=1S/C25H24N2O2.C16H14O2.C15H12O2.C13H10O.C10H14N2O/c28-23-13-11-22(12-14-23)26-15-17-27(18-16-26)25(29)19-24(20-7-3-1-4-8-20)21-9-5-2-6-10-21;1-18-16(17)12-15(13-8-4-2-5-9-13)14-10-6-3-7-11-14;16-15(17)11-14(12-7-3-1-4-8-12)13-9-5-2-6-10-13;14-13(11-7-3-1-4-8-11)12-9-5-2-6-10-12;13-10-3-1-9(2-4-10)12-7-5-11-6-8-12/h1-14,19,28H,15-18H2;2-12H,1H3;1-11H,(H,16,17);1-10H;1-4,11,13H,5-8H2. The van der Waals surface area contributed by atoms with Crippen molar-refractivity contribution in [3.05, 3.63) is 354 Å². The Morgan fingerprint density at radius 1 is 0.352 bits per heavy atom. The van der Waals surface area contributed by atoms with Gasteiger partial charge in [0.05, 0.1) is 7.11 Å². The van der Waals surface area contributed by atoms with Gasteiger partial charge in [-0.1, -0.05) is 243 Å². The van der Waals surface area contributed by atoms with Gasteiger partial charge in [0.1, 0.15) is 11.5 Å². The Morgan fingerprint density at radius 3 is 0.923 bits per heavy atom. The highest BCUT2D eigenvalue weighted by atomic mass is 16.5. The van der Waals surface area contributed by atoms with E-state index in [1.54, 1.807) is 30.3 Å². The van der Waals surface area contributed by atoms with Crippen molar-refractivity contribution in [2.45, 2.75) is 0 Å². The average molecular weight is 1210 g/mol. The second-order valence-corrected chi connectivity index (χ2v) is 20.9. The van der Waals surface area contributed by atoms with Crippen molar-refractivity contribution in [1.29, 1.82) is 0 Å². The number of benzene rings is 10. The van der Waals surface area contributed by atoms with Crippen LogP contribution in [0.4, 0.5) is 11.4 Å². The van der Waals surface area contributed by atoms with Crippen LogP contribution in [0.2, 0.25) is 0 Å². The molecule has 0 bridgehead atoms. The minimum atomic E-state index is -0.937. The number of esters is 1. The number of piperazine rings is 2. The van der Waals surface area contributed by atoms with Gasteiger partial charge in [-0.05, 0) is 98.6 Å². The molecule has 12 nitrogen and oxygen atoms in total. The van der Waals surface area contributed by atoms with E-state index in [2.05, 4.69) is 15.1 Å². The summed E-state index contributed by atoms with van der Waals surface area (Å²) in [4.78, 5) is 53.7. The number of ether oxygens (including phenoxy) is 1. The molecule has 10 aromatic rings. The number of phenols is 2. The van der Waals surface area contributed by atoms with Crippen LogP contribution in [-0.2, 0) is 19.1 Å². The fraction of sp³-hybridized carbons (Fsp3) is 0.114. The summed E-state index contributed by atoms with van der Waals surface area (Å²) in [7, 11) is 1.38. The zero-order valence-electron chi connectivity index (χ0n) is 50.8. The van der Waals surface area contributed by atoms with Crippen LogP contribution < -0.4 is 15.1 Å². The minimum Gasteiger partial charge on any atom is -0.508 e. The lowest BCUT2D eigenvalue weighted by atomic mass is 9.97. The van der Waals surface area contributed by atoms with Crippen LogP contribution in [0, 0.1) is 0 Å². The summed E-state index contributed by atoms with van der Waals surface area (Å²) < 4.78 is 4.71.